The molecule has 0 saturated carbocycles. The van der Waals surface area contributed by atoms with Gasteiger partial charge in [0.25, 0.3) is 5.91 Å². The summed E-state index contributed by atoms with van der Waals surface area (Å²) in [4.78, 5) is 35.0. The summed E-state index contributed by atoms with van der Waals surface area (Å²) in [5.74, 6) is -0.744. The van der Waals surface area contributed by atoms with Crippen LogP contribution in [0.5, 0.6) is 5.75 Å². The van der Waals surface area contributed by atoms with Gasteiger partial charge < -0.3 is 4.74 Å². The quantitative estimate of drug-likeness (QED) is 0.560. The number of halogens is 1. The summed E-state index contributed by atoms with van der Waals surface area (Å²) in [6.07, 6.45) is -0.897. The lowest BCUT2D eigenvalue weighted by molar-refractivity contribution is -0.126. The molecule has 8 heteroatoms. The van der Waals surface area contributed by atoms with E-state index >= 15 is 0 Å². The molecule has 2 aliphatic rings. The number of thiophene rings is 1. The van der Waals surface area contributed by atoms with Gasteiger partial charge in [-0.15, -0.1) is 11.3 Å². The summed E-state index contributed by atoms with van der Waals surface area (Å²) >= 11 is 7.55. The summed E-state index contributed by atoms with van der Waals surface area (Å²) in [6, 6.07) is 17.5. The predicted molar refractivity (Wildman–Crippen MR) is 115 cm³/mol. The van der Waals surface area contributed by atoms with Crippen LogP contribution in [0.4, 0.5) is 11.4 Å². The van der Waals surface area contributed by atoms with Crippen molar-refractivity contribution < 1.29 is 19.2 Å². The maximum Gasteiger partial charge on any atom is 0.266 e. The Morgan fingerprint density at radius 3 is 2.50 bits per heavy atom. The molecule has 3 aromatic rings. The number of hydroxylamine groups is 1. The molecule has 0 spiro atoms. The van der Waals surface area contributed by atoms with Gasteiger partial charge in [0, 0.05) is 16.0 Å². The molecule has 0 aliphatic carbocycles. The minimum absolute atomic E-state index is 0.284. The number of anilines is 2. The molecule has 5 rings (SSSR count). The second-order valence-corrected chi connectivity index (χ2v) is 8.44. The minimum atomic E-state index is -0.897. The number of carbonyl (C=O) groups excluding carboxylic acids is 2. The highest BCUT2D eigenvalue weighted by atomic mass is 35.5. The van der Waals surface area contributed by atoms with Gasteiger partial charge in [-0.05, 0) is 47.8 Å². The van der Waals surface area contributed by atoms with Gasteiger partial charge in [-0.1, -0.05) is 23.7 Å². The van der Waals surface area contributed by atoms with Gasteiger partial charge in [-0.2, -0.15) is 0 Å². The molecule has 30 heavy (non-hydrogen) atoms. The molecule has 0 bridgehead atoms. The van der Waals surface area contributed by atoms with Gasteiger partial charge in [-0.25, -0.2) is 9.96 Å². The Morgan fingerprint density at radius 2 is 1.80 bits per heavy atom. The topological polar surface area (TPSA) is 59.1 Å². The summed E-state index contributed by atoms with van der Waals surface area (Å²) in [5.41, 5.74) is 1.21. The van der Waals surface area contributed by atoms with Gasteiger partial charge in [0.2, 0.25) is 5.91 Å². The van der Waals surface area contributed by atoms with E-state index in [0.717, 1.165) is 10.6 Å². The van der Waals surface area contributed by atoms with Crippen molar-refractivity contribution in [3.63, 3.8) is 0 Å². The van der Waals surface area contributed by atoms with Crippen LogP contribution in [0.3, 0.4) is 0 Å². The molecule has 2 fully saturated rings. The first-order valence-electron chi connectivity index (χ1n) is 9.35. The van der Waals surface area contributed by atoms with Crippen molar-refractivity contribution in [3.8, 4) is 5.75 Å². The second-order valence-electron chi connectivity index (χ2n) is 7.03. The predicted octanol–water partition coefficient (Wildman–Crippen LogP) is 4.46. The third-order valence-electron chi connectivity index (χ3n) is 5.34. The molecule has 0 unspecified atom stereocenters. The fourth-order valence-electron chi connectivity index (χ4n) is 3.98. The maximum absolute atomic E-state index is 13.5. The molecule has 0 radical (unpaired) electrons. The van der Waals surface area contributed by atoms with Crippen LogP contribution in [0.25, 0.3) is 0 Å². The zero-order valence-electron chi connectivity index (χ0n) is 15.9. The molecule has 0 N–H and O–H groups in total. The van der Waals surface area contributed by atoms with Crippen molar-refractivity contribution in [1.29, 1.82) is 0 Å². The third-order valence-corrected chi connectivity index (χ3v) is 6.54. The summed E-state index contributed by atoms with van der Waals surface area (Å²) in [6.45, 7) is 0. The van der Waals surface area contributed by atoms with Crippen LogP contribution in [0.15, 0.2) is 66.0 Å². The Hall–Kier alpha value is -2.87. The monoisotopic (exact) mass is 440 g/mol. The number of methoxy groups -OCH3 is 1. The number of ether oxygens (including phenoxy) is 1. The molecule has 2 saturated heterocycles. The zero-order chi connectivity index (χ0) is 20.8. The van der Waals surface area contributed by atoms with Crippen molar-refractivity contribution >= 4 is 46.1 Å². The molecule has 1 aromatic heterocycles. The van der Waals surface area contributed by atoms with Gasteiger partial charge >= 0.3 is 0 Å². The number of benzene rings is 2. The van der Waals surface area contributed by atoms with E-state index in [1.165, 1.54) is 16.2 Å². The van der Waals surface area contributed by atoms with Crippen LogP contribution in [-0.4, -0.2) is 25.0 Å². The molecule has 6 nitrogen and oxygen atoms in total. The Labute approximate surface area is 182 Å². The van der Waals surface area contributed by atoms with Crippen LogP contribution >= 0.6 is 22.9 Å². The van der Waals surface area contributed by atoms with Crippen molar-refractivity contribution in [2.45, 2.75) is 12.1 Å². The van der Waals surface area contributed by atoms with E-state index in [1.807, 2.05) is 29.6 Å². The number of nitrogens with zero attached hydrogens (tertiary/aromatic N) is 2. The maximum atomic E-state index is 13.5. The summed E-state index contributed by atoms with van der Waals surface area (Å²) in [5, 5.41) is 4.21. The number of amides is 2. The van der Waals surface area contributed by atoms with E-state index in [-0.39, 0.29) is 11.8 Å². The largest absolute Gasteiger partial charge is 0.497 e. The Morgan fingerprint density at radius 1 is 1.00 bits per heavy atom. The lowest BCUT2D eigenvalue weighted by Gasteiger charge is -2.28. The number of hydrogen-bond donors (Lipinski definition) is 0. The molecule has 152 valence electrons. The highest BCUT2D eigenvalue weighted by Gasteiger charge is 2.60. The van der Waals surface area contributed by atoms with Crippen LogP contribution in [-0.2, 0) is 14.4 Å². The van der Waals surface area contributed by atoms with Crippen molar-refractivity contribution in [2.75, 3.05) is 17.1 Å². The molecule has 2 aromatic carbocycles. The van der Waals surface area contributed by atoms with E-state index in [9.17, 15) is 9.59 Å². The second kappa shape index (κ2) is 7.43. The highest BCUT2D eigenvalue weighted by molar-refractivity contribution is 7.10. The third kappa shape index (κ3) is 2.98. The molecular weight excluding hydrogens is 424 g/mol. The standard InChI is InChI=1S/C22H17ClN2O4S/c1-28-16-5-2-4-15(12-16)24-21(26)18-19(17-6-3-11-30-17)25(29-20(18)22(24)27)14-9-7-13(23)8-10-14/h2-12,18-20H,1H3/t18-,19-,20-/m0/s1. The normalized spacial score (nSPS) is 23.2. The molecule has 2 aliphatic heterocycles. The average Bonchev–Trinajstić information content (AvgIpc) is 3.46. The van der Waals surface area contributed by atoms with Gasteiger partial charge in [0.05, 0.1) is 18.5 Å². The molecule has 3 heterocycles. The first-order chi connectivity index (χ1) is 14.6. The smallest absolute Gasteiger partial charge is 0.266 e. The number of fused-ring (bicyclic) bond motifs is 1. The highest BCUT2D eigenvalue weighted by Crippen LogP contribution is 2.48. The van der Waals surface area contributed by atoms with E-state index < -0.39 is 18.1 Å². The van der Waals surface area contributed by atoms with E-state index in [1.54, 1.807) is 48.6 Å². The van der Waals surface area contributed by atoms with E-state index in [0.29, 0.717) is 16.5 Å². The number of hydrogen-bond acceptors (Lipinski definition) is 6. The number of carbonyl (C=O) groups is 2. The first-order valence-corrected chi connectivity index (χ1v) is 10.6. The van der Waals surface area contributed by atoms with Crippen molar-refractivity contribution in [3.05, 3.63) is 75.9 Å². The molecule has 3 atom stereocenters. The minimum Gasteiger partial charge on any atom is -0.497 e. The summed E-state index contributed by atoms with van der Waals surface area (Å²) in [7, 11) is 1.54. The Balaban J connectivity index is 1.55. The first kappa shape index (κ1) is 19.1. The van der Waals surface area contributed by atoms with Gasteiger partial charge in [0.1, 0.15) is 17.7 Å². The Kier molecular flexibility index (Phi) is 4.73. The van der Waals surface area contributed by atoms with Gasteiger partial charge in [-0.3, -0.25) is 14.4 Å². The molecule has 2 amide bonds. The van der Waals surface area contributed by atoms with Crippen LogP contribution in [0.2, 0.25) is 5.02 Å². The van der Waals surface area contributed by atoms with Crippen LogP contribution < -0.4 is 14.7 Å². The number of rotatable bonds is 4. The Bertz CT molecular complexity index is 1100. The average molecular weight is 441 g/mol. The summed E-state index contributed by atoms with van der Waals surface area (Å²) < 4.78 is 5.25. The van der Waals surface area contributed by atoms with Crippen molar-refractivity contribution in [2.24, 2.45) is 5.92 Å². The SMILES string of the molecule is COc1cccc(N2C(=O)[C@@H]3[C@H](ON(c4ccc(Cl)cc4)[C@H]3c3cccs3)C2=O)c1. The van der Waals surface area contributed by atoms with Crippen molar-refractivity contribution in [1.82, 2.24) is 0 Å². The fraction of sp³-hybridized carbons (Fsp3) is 0.182. The molecular formula is C22H17ClN2O4S. The van der Waals surface area contributed by atoms with Crippen LogP contribution in [0.1, 0.15) is 10.9 Å². The zero-order valence-corrected chi connectivity index (χ0v) is 17.5. The van der Waals surface area contributed by atoms with Crippen LogP contribution in [0, 0.1) is 5.92 Å². The number of imide groups is 1. The lowest BCUT2D eigenvalue weighted by atomic mass is 9.95. The van der Waals surface area contributed by atoms with Gasteiger partial charge in [0.15, 0.2) is 6.10 Å². The lowest BCUT2D eigenvalue weighted by Crippen LogP contribution is -2.37. The van der Waals surface area contributed by atoms with E-state index in [4.69, 9.17) is 21.2 Å². The van der Waals surface area contributed by atoms with E-state index in [2.05, 4.69) is 0 Å². The fourth-order valence-corrected chi connectivity index (χ4v) is 4.96.